The van der Waals surface area contributed by atoms with Crippen molar-refractivity contribution >= 4 is 5.91 Å². The minimum Gasteiger partial charge on any atom is -0.490 e. The van der Waals surface area contributed by atoms with E-state index in [1.54, 1.807) is 4.90 Å². The topological polar surface area (TPSA) is 29.5 Å². The Bertz CT molecular complexity index is 578. The van der Waals surface area contributed by atoms with Crippen molar-refractivity contribution in [2.24, 2.45) is 0 Å². The molecule has 0 aromatic heterocycles. The maximum absolute atomic E-state index is 12.8. The number of benzene rings is 1. The highest BCUT2D eigenvalue weighted by molar-refractivity contribution is 5.87. The largest absolute Gasteiger partial charge is 0.490 e. The van der Waals surface area contributed by atoms with Gasteiger partial charge in [0.1, 0.15) is 11.9 Å². The lowest BCUT2D eigenvalue weighted by atomic mass is 9.91. The van der Waals surface area contributed by atoms with Gasteiger partial charge in [-0.15, -0.1) is 0 Å². The highest BCUT2D eigenvalue weighted by Crippen LogP contribution is 2.40. The number of carbonyl (C=O) groups excluding carboxylic acids is 1. The lowest BCUT2D eigenvalue weighted by molar-refractivity contribution is -0.134. The molecule has 1 saturated carbocycles. The summed E-state index contributed by atoms with van der Waals surface area (Å²) in [7, 11) is 0. The van der Waals surface area contributed by atoms with Gasteiger partial charge in [0, 0.05) is 25.9 Å². The number of alkyl halides is 2. The Morgan fingerprint density at radius 3 is 2.81 bits per heavy atom. The van der Waals surface area contributed by atoms with E-state index in [1.165, 1.54) is 11.6 Å². The fraction of sp³-hybridized carbons (Fsp3) is 0.438. The highest BCUT2D eigenvalue weighted by atomic mass is 19.3. The molecule has 112 valence electrons. The molecule has 0 N–H and O–H groups in total. The second-order valence-electron chi connectivity index (χ2n) is 5.65. The van der Waals surface area contributed by atoms with Crippen LogP contribution < -0.4 is 4.74 Å². The predicted molar refractivity (Wildman–Crippen MR) is 74.4 cm³/mol. The molecule has 0 bridgehead atoms. The van der Waals surface area contributed by atoms with Gasteiger partial charge in [-0.2, -0.15) is 0 Å². The molecule has 21 heavy (non-hydrogen) atoms. The van der Waals surface area contributed by atoms with E-state index in [0.717, 1.165) is 12.0 Å². The van der Waals surface area contributed by atoms with Gasteiger partial charge < -0.3 is 9.64 Å². The van der Waals surface area contributed by atoms with Crippen molar-refractivity contribution in [3.63, 3.8) is 0 Å². The van der Waals surface area contributed by atoms with Crippen LogP contribution >= 0.6 is 0 Å². The minimum atomic E-state index is -2.58. The fourth-order valence-electron chi connectivity index (χ4n) is 2.81. The van der Waals surface area contributed by atoms with Crippen molar-refractivity contribution in [2.45, 2.75) is 37.8 Å². The van der Waals surface area contributed by atoms with E-state index in [2.05, 4.69) is 6.58 Å². The molecule has 2 aliphatic rings. The van der Waals surface area contributed by atoms with Crippen LogP contribution in [0.5, 0.6) is 5.75 Å². The molecule has 3 rings (SSSR count). The summed E-state index contributed by atoms with van der Waals surface area (Å²) in [5, 5.41) is 0. The Morgan fingerprint density at radius 2 is 2.14 bits per heavy atom. The first-order valence-corrected chi connectivity index (χ1v) is 7.04. The van der Waals surface area contributed by atoms with E-state index in [1.807, 2.05) is 18.2 Å². The molecule has 0 spiro atoms. The van der Waals surface area contributed by atoms with Crippen LogP contribution in [0.2, 0.25) is 0 Å². The van der Waals surface area contributed by atoms with Crippen LogP contribution in [0.1, 0.15) is 24.0 Å². The Morgan fingerprint density at radius 1 is 1.38 bits per heavy atom. The van der Waals surface area contributed by atoms with Gasteiger partial charge in [-0.3, -0.25) is 4.79 Å². The van der Waals surface area contributed by atoms with Gasteiger partial charge in [-0.25, -0.2) is 8.78 Å². The number of nitrogens with zero attached hydrogens (tertiary/aromatic N) is 1. The second-order valence-corrected chi connectivity index (χ2v) is 5.65. The van der Waals surface area contributed by atoms with Crippen LogP contribution in [0.15, 0.2) is 30.9 Å². The molecular formula is C16H17F2NO2. The molecule has 0 saturated heterocycles. The van der Waals surface area contributed by atoms with Crippen LogP contribution in [0.3, 0.4) is 0 Å². The van der Waals surface area contributed by atoms with Crippen LogP contribution in [0.25, 0.3) is 0 Å². The molecule has 1 aromatic rings. The van der Waals surface area contributed by atoms with E-state index in [0.29, 0.717) is 18.8 Å². The predicted octanol–water partition coefficient (Wildman–Crippen LogP) is 2.93. The van der Waals surface area contributed by atoms with Gasteiger partial charge in [0.05, 0.1) is 0 Å². The lowest BCUT2D eigenvalue weighted by Crippen LogP contribution is -2.43. The zero-order valence-electron chi connectivity index (χ0n) is 11.6. The third-order valence-corrected chi connectivity index (χ3v) is 4.03. The minimum absolute atomic E-state index is 0.0920. The van der Waals surface area contributed by atoms with Crippen molar-refractivity contribution in [3.8, 4) is 5.75 Å². The number of fused-ring (bicyclic) bond motifs is 1. The molecule has 1 fully saturated rings. The van der Waals surface area contributed by atoms with Gasteiger partial charge in [0.2, 0.25) is 5.91 Å². The summed E-state index contributed by atoms with van der Waals surface area (Å²) in [6.07, 6.45) is 1.25. The summed E-state index contributed by atoms with van der Waals surface area (Å²) in [5.41, 5.74) is 2.19. The van der Waals surface area contributed by atoms with Crippen LogP contribution in [0.4, 0.5) is 8.78 Å². The zero-order valence-corrected chi connectivity index (χ0v) is 11.6. The molecule has 1 heterocycles. The fourth-order valence-corrected chi connectivity index (χ4v) is 2.81. The molecule has 5 heteroatoms. The van der Waals surface area contributed by atoms with Crippen molar-refractivity contribution < 1.29 is 18.3 Å². The molecule has 3 nitrogen and oxygen atoms in total. The Balaban J connectivity index is 1.69. The average Bonchev–Trinajstić information content (AvgIpc) is 2.43. The molecule has 1 amide bonds. The Kier molecular flexibility index (Phi) is 3.43. The summed E-state index contributed by atoms with van der Waals surface area (Å²) >= 11 is 0. The summed E-state index contributed by atoms with van der Waals surface area (Å²) in [6, 6.07) is 5.63. The third kappa shape index (κ3) is 2.91. The van der Waals surface area contributed by atoms with Crippen LogP contribution in [-0.4, -0.2) is 29.4 Å². The lowest BCUT2D eigenvalue weighted by Gasteiger charge is -2.35. The Hall–Kier alpha value is -1.91. The standard InChI is InChI=1S/C16H17F2NO2/c1-2-15(20)19-6-5-11-3-4-13(7-12(11)10-19)21-14-8-16(17,18)9-14/h2-4,7,14H,1,5-6,8-10H2. The van der Waals surface area contributed by atoms with Crippen molar-refractivity contribution in [2.75, 3.05) is 6.54 Å². The van der Waals surface area contributed by atoms with Gasteiger partial charge in [0.25, 0.3) is 5.92 Å². The summed E-state index contributed by atoms with van der Waals surface area (Å²) in [4.78, 5) is 13.4. The van der Waals surface area contributed by atoms with E-state index < -0.39 is 12.0 Å². The average molecular weight is 293 g/mol. The summed E-state index contributed by atoms with van der Waals surface area (Å²) < 4.78 is 31.2. The molecule has 1 aliphatic carbocycles. The van der Waals surface area contributed by atoms with Gasteiger partial charge in [0.15, 0.2) is 0 Å². The van der Waals surface area contributed by atoms with Crippen LogP contribution in [0, 0.1) is 0 Å². The van der Waals surface area contributed by atoms with Crippen molar-refractivity contribution in [1.29, 1.82) is 0 Å². The Labute approximate surface area is 122 Å². The van der Waals surface area contributed by atoms with E-state index >= 15 is 0 Å². The normalized spacial score (nSPS) is 20.4. The second kappa shape index (κ2) is 5.13. The monoisotopic (exact) mass is 293 g/mol. The number of carbonyl (C=O) groups is 1. The smallest absolute Gasteiger partial charge is 0.255 e. The number of rotatable bonds is 3. The van der Waals surface area contributed by atoms with Crippen molar-refractivity contribution in [1.82, 2.24) is 4.90 Å². The first-order valence-electron chi connectivity index (χ1n) is 7.04. The maximum Gasteiger partial charge on any atom is 0.255 e. The number of halogens is 2. The molecular weight excluding hydrogens is 276 g/mol. The number of amides is 1. The maximum atomic E-state index is 12.8. The zero-order chi connectivity index (χ0) is 15.0. The first kappa shape index (κ1) is 14.0. The van der Waals surface area contributed by atoms with Gasteiger partial charge >= 0.3 is 0 Å². The number of hydrogen-bond acceptors (Lipinski definition) is 2. The third-order valence-electron chi connectivity index (χ3n) is 4.03. The first-order chi connectivity index (χ1) is 9.97. The van der Waals surface area contributed by atoms with Crippen LogP contribution in [-0.2, 0) is 17.8 Å². The molecule has 1 aromatic carbocycles. The SMILES string of the molecule is C=CC(=O)N1CCc2ccc(OC3CC(F)(F)C3)cc2C1. The molecule has 0 radical (unpaired) electrons. The number of hydrogen-bond donors (Lipinski definition) is 0. The van der Waals surface area contributed by atoms with Gasteiger partial charge in [-0.1, -0.05) is 12.6 Å². The van der Waals surface area contributed by atoms with E-state index in [4.69, 9.17) is 4.74 Å². The quantitative estimate of drug-likeness (QED) is 0.802. The van der Waals surface area contributed by atoms with E-state index in [9.17, 15) is 13.6 Å². The van der Waals surface area contributed by atoms with Gasteiger partial charge in [-0.05, 0) is 35.8 Å². The van der Waals surface area contributed by atoms with Crippen molar-refractivity contribution in [3.05, 3.63) is 42.0 Å². The molecule has 0 atom stereocenters. The highest BCUT2D eigenvalue weighted by Gasteiger charge is 2.47. The molecule has 0 unspecified atom stereocenters. The summed E-state index contributed by atoms with van der Waals surface area (Å²) in [5.74, 6) is -2.07. The molecule has 1 aliphatic heterocycles. The number of ether oxygens (including phenoxy) is 1. The van der Waals surface area contributed by atoms with E-state index in [-0.39, 0.29) is 18.7 Å². The summed E-state index contributed by atoms with van der Waals surface area (Å²) in [6.45, 7) is 4.68.